The van der Waals surface area contributed by atoms with E-state index in [1.807, 2.05) is 18.0 Å². The molecule has 1 aliphatic rings. The van der Waals surface area contributed by atoms with E-state index in [4.69, 9.17) is 0 Å². The predicted octanol–water partition coefficient (Wildman–Crippen LogP) is 3.83. The minimum Gasteiger partial charge on any atom is -0.340 e. The maximum absolute atomic E-state index is 12.4. The molecule has 0 N–H and O–H groups in total. The Kier molecular flexibility index (Phi) is 5.45. The number of rotatable bonds is 4. The van der Waals surface area contributed by atoms with E-state index in [0.717, 1.165) is 32.8 Å². The van der Waals surface area contributed by atoms with E-state index < -0.39 is 0 Å². The highest BCUT2D eigenvalue weighted by atomic mass is 79.9. The van der Waals surface area contributed by atoms with Gasteiger partial charge in [-0.05, 0) is 63.9 Å². The SMILES string of the molecule is CCN1CCCC1CN(C)C(=O)c1cc(Br)sc1Br. The molecule has 3 nitrogen and oxygen atoms in total. The fourth-order valence-electron chi connectivity index (χ4n) is 2.61. The summed E-state index contributed by atoms with van der Waals surface area (Å²) in [6.07, 6.45) is 2.44. The molecule has 6 heteroatoms. The van der Waals surface area contributed by atoms with Gasteiger partial charge in [-0.15, -0.1) is 11.3 Å². The fraction of sp³-hybridized carbons (Fsp3) is 0.615. The van der Waals surface area contributed by atoms with E-state index in [2.05, 4.69) is 43.7 Å². The molecule has 1 unspecified atom stereocenters. The van der Waals surface area contributed by atoms with Crippen LogP contribution in [0.25, 0.3) is 0 Å². The summed E-state index contributed by atoms with van der Waals surface area (Å²) in [6, 6.07) is 2.40. The molecular weight excluding hydrogens is 392 g/mol. The third kappa shape index (κ3) is 3.60. The van der Waals surface area contributed by atoms with Gasteiger partial charge in [0.25, 0.3) is 5.91 Å². The first-order chi connectivity index (χ1) is 9.02. The number of hydrogen-bond acceptors (Lipinski definition) is 3. The van der Waals surface area contributed by atoms with E-state index >= 15 is 0 Å². The van der Waals surface area contributed by atoms with E-state index in [1.165, 1.54) is 24.2 Å². The molecule has 0 spiro atoms. The molecule has 1 aromatic heterocycles. The third-order valence-electron chi connectivity index (χ3n) is 3.62. The second kappa shape index (κ2) is 6.70. The highest BCUT2D eigenvalue weighted by Gasteiger charge is 2.26. The first-order valence-electron chi connectivity index (χ1n) is 6.47. The van der Waals surface area contributed by atoms with Crippen LogP contribution in [0.3, 0.4) is 0 Å². The number of likely N-dealkylation sites (N-methyl/N-ethyl adjacent to an activating group) is 2. The zero-order chi connectivity index (χ0) is 14.0. The van der Waals surface area contributed by atoms with Crippen molar-refractivity contribution >= 4 is 49.1 Å². The molecule has 0 aromatic carbocycles. The van der Waals surface area contributed by atoms with Gasteiger partial charge in [0, 0.05) is 19.6 Å². The predicted molar refractivity (Wildman–Crippen MR) is 86.9 cm³/mol. The van der Waals surface area contributed by atoms with E-state index in [-0.39, 0.29) is 5.91 Å². The summed E-state index contributed by atoms with van der Waals surface area (Å²) in [6.45, 7) is 5.23. The molecule has 0 saturated carbocycles. The summed E-state index contributed by atoms with van der Waals surface area (Å²) < 4.78 is 1.88. The summed E-state index contributed by atoms with van der Waals surface area (Å²) in [5.74, 6) is 0.0942. The van der Waals surface area contributed by atoms with E-state index in [1.54, 1.807) is 0 Å². The molecule has 1 aliphatic heterocycles. The second-order valence-corrected chi connectivity index (χ2v) is 8.60. The standard InChI is InChI=1S/C13H18Br2N2OS/c1-3-17-6-4-5-9(17)8-16(2)13(18)10-7-11(14)19-12(10)15/h7,9H,3-6,8H2,1-2H3. The topological polar surface area (TPSA) is 23.6 Å². The van der Waals surface area contributed by atoms with Gasteiger partial charge in [0.1, 0.15) is 0 Å². The number of hydrogen-bond donors (Lipinski definition) is 0. The molecular formula is C13H18Br2N2OS. The first kappa shape index (κ1) is 15.5. The van der Waals surface area contributed by atoms with Crippen LogP contribution in [0.15, 0.2) is 13.6 Å². The summed E-state index contributed by atoms with van der Waals surface area (Å²) in [5.41, 5.74) is 0.750. The number of nitrogens with zero attached hydrogens (tertiary/aromatic N) is 2. The Balaban J connectivity index is 2.01. The van der Waals surface area contributed by atoms with Crippen molar-refractivity contribution in [2.75, 3.05) is 26.7 Å². The number of thiophene rings is 1. The number of carbonyl (C=O) groups excluding carboxylic acids is 1. The summed E-state index contributed by atoms with van der Waals surface area (Å²) in [4.78, 5) is 16.7. The van der Waals surface area contributed by atoms with Gasteiger partial charge < -0.3 is 4.90 Å². The van der Waals surface area contributed by atoms with Crippen LogP contribution in [0, 0.1) is 0 Å². The van der Waals surface area contributed by atoms with Gasteiger partial charge >= 0.3 is 0 Å². The van der Waals surface area contributed by atoms with Crippen molar-refractivity contribution in [2.24, 2.45) is 0 Å². The minimum absolute atomic E-state index is 0.0942. The van der Waals surface area contributed by atoms with Crippen LogP contribution in [0.4, 0.5) is 0 Å². The quantitative estimate of drug-likeness (QED) is 0.754. The van der Waals surface area contributed by atoms with Crippen molar-refractivity contribution in [3.8, 4) is 0 Å². The highest BCUT2D eigenvalue weighted by Crippen LogP contribution is 2.32. The molecule has 0 bridgehead atoms. The molecule has 0 radical (unpaired) electrons. The lowest BCUT2D eigenvalue weighted by Gasteiger charge is -2.27. The average molecular weight is 410 g/mol. The van der Waals surface area contributed by atoms with Crippen molar-refractivity contribution in [1.82, 2.24) is 9.80 Å². The fourth-order valence-corrected chi connectivity index (χ4v) is 5.39. The lowest BCUT2D eigenvalue weighted by molar-refractivity contribution is 0.0754. The van der Waals surface area contributed by atoms with Crippen molar-refractivity contribution in [3.05, 3.63) is 19.2 Å². The zero-order valence-electron chi connectivity index (χ0n) is 11.2. The molecule has 0 aliphatic carbocycles. The maximum atomic E-state index is 12.4. The van der Waals surface area contributed by atoms with Gasteiger partial charge in [0.15, 0.2) is 0 Å². The molecule has 1 fully saturated rings. The Morgan fingerprint density at radius 3 is 2.89 bits per heavy atom. The Morgan fingerprint density at radius 2 is 2.32 bits per heavy atom. The Bertz CT molecular complexity index is 463. The average Bonchev–Trinajstić information content (AvgIpc) is 2.94. The molecule has 2 heterocycles. The Hall–Kier alpha value is 0.0900. The van der Waals surface area contributed by atoms with Crippen molar-refractivity contribution in [2.45, 2.75) is 25.8 Å². The minimum atomic E-state index is 0.0942. The molecule has 1 amide bonds. The van der Waals surface area contributed by atoms with E-state index in [0.29, 0.717) is 6.04 Å². The molecule has 1 saturated heterocycles. The first-order valence-corrected chi connectivity index (χ1v) is 8.87. The summed E-state index contributed by atoms with van der Waals surface area (Å²) in [5, 5.41) is 0. The summed E-state index contributed by atoms with van der Waals surface area (Å²) >= 11 is 8.41. The van der Waals surface area contributed by atoms with Crippen LogP contribution in [-0.2, 0) is 0 Å². The Labute approximate surface area is 135 Å². The molecule has 1 aromatic rings. The van der Waals surface area contributed by atoms with Gasteiger partial charge in [0.05, 0.1) is 13.1 Å². The van der Waals surface area contributed by atoms with Crippen LogP contribution in [-0.4, -0.2) is 48.4 Å². The lowest BCUT2D eigenvalue weighted by atomic mass is 10.2. The van der Waals surface area contributed by atoms with Crippen LogP contribution < -0.4 is 0 Å². The number of likely N-dealkylation sites (tertiary alicyclic amines) is 1. The second-order valence-electron chi connectivity index (χ2n) is 4.85. The smallest absolute Gasteiger partial charge is 0.255 e. The summed E-state index contributed by atoms with van der Waals surface area (Å²) in [7, 11) is 1.90. The van der Waals surface area contributed by atoms with Gasteiger partial charge in [-0.1, -0.05) is 6.92 Å². The van der Waals surface area contributed by atoms with Crippen molar-refractivity contribution < 1.29 is 4.79 Å². The third-order valence-corrected chi connectivity index (χ3v) is 5.96. The monoisotopic (exact) mass is 408 g/mol. The van der Waals surface area contributed by atoms with Crippen LogP contribution in [0.2, 0.25) is 0 Å². The molecule has 19 heavy (non-hydrogen) atoms. The zero-order valence-corrected chi connectivity index (χ0v) is 15.1. The normalized spacial score (nSPS) is 19.9. The van der Waals surface area contributed by atoms with Crippen molar-refractivity contribution in [1.29, 1.82) is 0 Å². The maximum Gasteiger partial charge on any atom is 0.255 e. The van der Waals surface area contributed by atoms with E-state index in [9.17, 15) is 4.79 Å². The van der Waals surface area contributed by atoms with Gasteiger partial charge in [-0.25, -0.2) is 0 Å². The molecule has 1 atom stereocenters. The van der Waals surface area contributed by atoms with Gasteiger partial charge in [0.2, 0.25) is 0 Å². The number of halogens is 2. The lowest BCUT2D eigenvalue weighted by Crippen LogP contribution is -2.41. The van der Waals surface area contributed by atoms with Crippen LogP contribution in [0.5, 0.6) is 0 Å². The van der Waals surface area contributed by atoms with Gasteiger partial charge in [-0.3, -0.25) is 9.69 Å². The number of amides is 1. The molecule has 106 valence electrons. The highest BCUT2D eigenvalue weighted by molar-refractivity contribution is 9.12. The van der Waals surface area contributed by atoms with Crippen molar-refractivity contribution in [3.63, 3.8) is 0 Å². The van der Waals surface area contributed by atoms with Crippen LogP contribution >= 0.6 is 43.2 Å². The van der Waals surface area contributed by atoms with Crippen LogP contribution in [0.1, 0.15) is 30.1 Å². The van der Waals surface area contributed by atoms with Gasteiger partial charge in [-0.2, -0.15) is 0 Å². The molecule has 2 rings (SSSR count). The Morgan fingerprint density at radius 1 is 1.58 bits per heavy atom. The number of carbonyl (C=O) groups is 1. The largest absolute Gasteiger partial charge is 0.340 e.